The van der Waals surface area contributed by atoms with Crippen molar-refractivity contribution in [2.45, 2.75) is 71.1 Å². The molecule has 0 unspecified atom stereocenters. The van der Waals surface area contributed by atoms with Gasteiger partial charge >= 0.3 is 41.5 Å². The van der Waals surface area contributed by atoms with Gasteiger partial charge in [-0.3, -0.25) is 0 Å². The maximum absolute atomic E-state index is 11.0. The summed E-state index contributed by atoms with van der Waals surface area (Å²) in [4.78, 5) is 21.2. The number of esters is 1. The van der Waals surface area contributed by atoms with Gasteiger partial charge in [-0.05, 0) is 6.42 Å². The summed E-state index contributed by atoms with van der Waals surface area (Å²) in [5.74, 6) is -1.72. The predicted molar refractivity (Wildman–Crippen MR) is 86.7 cm³/mol. The van der Waals surface area contributed by atoms with E-state index in [1.54, 1.807) is 0 Å². The van der Waals surface area contributed by atoms with Crippen molar-refractivity contribution in [2.75, 3.05) is 6.61 Å². The zero-order valence-electron chi connectivity index (χ0n) is 12.6. The third-order valence-electron chi connectivity index (χ3n) is 3.10. The molecule has 21 heavy (non-hydrogen) atoms. The Balaban J connectivity index is 0. The van der Waals surface area contributed by atoms with Crippen LogP contribution >= 0.6 is 0 Å². The van der Waals surface area contributed by atoms with Crippen molar-refractivity contribution in [1.29, 1.82) is 0 Å². The average Bonchev–Trinajstić information content (AvgIpc) is 2.42. The number of aliphatic carboxylic acids is 1. The number of ether oxygens (including phenoxy) is 1. The molecule has 0 rings (SSSR count). The quantitative estimate of drug-likeness (QED) is 0.245. The summed E-state index contributed by atoms with van der Waals surface area (Å²) in [6.07, 6.45) is 14.0. The molecule has 0 aromatic heterocycles. The summed E-state index contributed by atoms with van der Waals surface area (Å²) >= 11 is 0. The van der Waals surface area contributed by atoms with Crippen molar-refractivity contribution >= 4 is 41.5 Å². The molecule has 0 fully saturated rings. The molecule has 0 aromatic rings. The van der Waals surface area contributed by atoms with Crippen LogP contribution in [0.2, 0.25) is 0 Å². The van der Waals surface area contributed by atoms with E-state index in [1.807, 2.05) is 0 Å². The Morgan fingerprint density at radius 1 is 0.857 bits per heavy atom. The van der Waals surface area contributed by atoms with Gasteiger partial charge in [0.1, 0.15) is 0 Å². The Kier molecular flexibility index (Phi) is 19.4. The summed E-state index contributed by atoms with van der Waals surface area (Å²) in [5, 5.41) is 8.33. The van der Waals surface area contributed by atoms with Gasteiger partial charge in [0.25, 0.3) is 0 Å². The molecule has 4 nitrogen and oxygen atoms in total. The van der Waals surface area contributed by atoms with E-state index in [2.05, 4.69) is 6.92 Å². The fourth-order valence-corrected chi connectivity index (χ4v) is 1.95. The number of rotatable bonds is 13. The van der Waals surface area contributed by atoms with Gasteiger partial charge in [-0.25, -0.2) is 9.59 Å². The van der Waals surface area contributed by atoms with Gasteiger partial charge in [-0.1, -0.05) is 64.7 Å². The molecule has 0 radical (unpaired) electrons. The van der Waals surface area contributed by atoms with Crippen LogP contribution in [0.4, 0.5) is 0 Å². The molecule has 0 saturated carbocycles. The van der Waals surface area contributed by atoms with Gasteiger partial charge in [-0.15, -0.1) is 0 Å². The fourth-order valence-electron chi connectivity index (χ4n) is 1.95. The molecule has 0 aromatic carbocycles. The molecule has 0 saturated heterocycles. The first-order valence-electron chi connectivity index (χ1n) is 7.74. The summed E-state index contributed by atoms with van der Waals surface area (Å²) < 4.78 is 4.88. The zero-order chi connectivity index (χ0) is 15.1. The number of hydrogen-bond acceptors (Lipinski definition) is 3. The summed E-state index contributed by atoms with van der Waals surface area (Å²) in [6.45, 7) is 2.60. The third-order valence-corrected chi connectivity index (χ3v) is 3.10. The molecular weight excluding hydrogens is 279 g/mol. The number of unbranched alkanes of at least 4 members (excludes halogenated alkanes) is 9. The summed E-state index contributed by atoms with van der Waals surface area (Å²) in [7, 11) is 0. The Morgan fingerprint density at radius 2 is 1.33 bits per heavy atom. The monoisotopic (exact) mass is 308 g/mol. The van der Waals surface area contributed by atoms with Crippen molar-refractivity contribution in [3.05, 3.63) is 12.2 Å². The summed E-state index contributed by atoms with van der Waals surface area (Å²) in [5.41, 5.74) is 0. The van der Waals surface area contributed by atoms with Crippen LogP contribution in [0.25, 0.3) is 0 Å². The standard InChI is InChI=1S/C16H28O4.Na.H/c1-2-3-4-5-6-7-8-9-10-11-14-20-16(19)13-12-15(17)18;;/h12-13H,2-11,14H2,1H3,(H,17,18);;/b13-12-;;. The van der Waals surface area contributed by atoms with Crippen LogP contribution in [-0.4, -0.2) is 53.2 Å². The van der Waals surface area contributed by atoms with E-state index in [0.717, 1.165) is 25.0 Å². The van der Waals surface area contributed by atoms with Gasteiger partial charge in [0, 0.05) is 12.2 Å². The van der Waals surface area contributed by atoms with Gasteiger partial charge in [0.05, 0.1) is 6.61 Å². The number of carbonyl (C=O) groups excluding carboxylic acids is 1. The van der Waals surface area contributed by atoms with Crippen molar-refractivity contribution in [1.82, 2.24) is 0 Å². The Morgan fingerprint density at radius 3 is 1.81 bits per heavy atom. The number of carbonyl (C=O) groups is 2. The molecule has 0 amide bonds. The second-order valence-electron chi connectivity index (χ2n) is 5.02. The zero-order valence-corrected chi connectivity index (χ0v) is 12.6. The fraction of sp³-hybridized carbons (Fsp3) is 0.750. The van der Waals surface area contributed by atoms with E-state index < -0.39 is 11.9 Å². The molecule has 0 aliphatic carbocycles. The average molecular weight is 308 g/mol. The Labute approximate surface area is 150 Å². The maximum atomic E-state index is 11.0. The van der Waals surface area contributed by atoms with Crippen LogP contribution in [0.3, 0.4) is 0 Å². The third kappa shape index (κ3) is 19.7. The van der Waals surface area contributed by atoms with Crippen LogP contribution in [-0.2, 0) is 14.3 Å². The van der Waals surface area contributed by atoms with Crippen LogP contribution in [0.15, 0.2) is 12.2 Å². The molecule has 5 heteroatoms. The van der Waals surface area contributed by atoms with Crippen molar-refractivity contribution < 1.29 is 19.4 Å². The van der Waals surface area contributed by atoms with Crippen LogP contribution in [0, 0.1) is 0 Å². The van der Waals surface area contributed by atoms with Crippen LogP contribution in [0.5, 0.6) is 0 Å². The molecule has 0 aliphatic rings. The minimum atomic E-state index is -1.14. The first kappa shape index (κ1) is 23.0. The second-order valence-corrected chi connectivity index (χ2v) is 5.02. The first-order chi connectivity index (χ1) is 9.66. The van der Waals surface area contributed by atoms with Gasteiger partial charge < -0.3 is 9.84 Å². The van der Waals surface area contributed by atoms with Gasteiger partial charge in [0.2, 0.25) is 0 Å². The molecule has 0 bridgehead atoms. The SMILES string of the molecule is CCCCCCCCCCCCOC(=O)/C=C\C(=O)O.[NaH]. The van der Waals surface area contributed by atoms with Gasteiger partial charge in [0.15, 0.2) is 0 Å². The minimum absolute atomic E-state index is 0. The molecule has 118 valence electrons. The topological polar surface area (TPSA) is 63.6 Å². The van der Waals surface area contributed by atoms with Crippen molar-refractivity contribution in [3.8, 4) is 0 Å². The van der Waals surface area contributed by atoms with Crippen molar-refractivity contribution in [2.24, 2.45) is 0 Å². The number of carboxylic acid groups (broad SMARTS) is 1. The molecular formula is C16H29NaO4. The van der Waals surface area contributed by atoms with E-state index in [9.17, 15) is 9.59 Å². The van der Waals surface area contributed by atoms with Gasteiger partial charge in [-0.2, -0.15) is 0 Å². The molecule has 0 heterocycles. The van der Waals surface area contributed by atoms with E-state index in [0.29, 0.717) is 6.61 Å². The van der Waals surface area contributed by atoms with Crippen molar-refractivity contribution in [3.63, 3.8) is 0 Å². The van der Waals surface area contributed by atoms with Crippen LogP contribution < -0.4 is 0 Å². The molecule has 0 aliphatic heterocycles. The Bertz CT molecular complexity index is 290. The van der Waals surface area contributed by atoms with E-state index in [1.165, 1.54) is 51.4 Å². The molecule has 0 spiro atoms. The second kappa shape index (κ2) is 17.7. The molecule has 0 atom stereocenters. The van der Waals surface area contributed by atoms with E-state index in [-0.39, 0.29) is 29.6 Å². The van der Waals surface area contributed by atoms with E-state index >= 15 is 0 Å². The number of carboxylic acids is 1. The number of hydrogen-bond donors (Lipinski definition) is 1. The molecule has 1 N–H and O–H groups in total. The Hall–Kier alpha value is -0.320. The van der Waals surface area contributed by atoms with E-state index in [4.69, 9.17) is 9.84 Å². The normalized spacial score (nSPS) is 10.3. The predicted octanol–water partition coefficient (Wildman–Crippen LogP) is 3.44. The first-order valence-corrected chi connectivity index (χ1v) is 7.74. The van der Waals surface area contributed by atoms with Crippen LogP contribution in [0.1, 0.15) is 71.1 Å². The summed E-state index contributed by atoms with van der Waals surface area (Å²) in [6, 6.07) is 0.